The van der Waals surface area contributed by atoms with Gasteiger partial charge in [-0.05, 0) is 36.5 Å². The molecule has 0 amide bonds. The lowest BCUT2D eigenvalue weighted by Crippen LogP contribution is -2.06. The van der Waals surface area contributed by atoms with Crippen molar-refractivity contribution in [2.75, 3.05) is 0 Å². The molecule has 0 saturated heterocycles. The van der Waals surface area contributed by atoms with Gasteiger partial charge in [0.05, 0.1) is 0 Å². The Hall–Kier alpha value is -1.06. The van der Waals surface area contributed by atoms with Crippen molar-refractivity contribution in [3.05, 3.63) is 29.3 Å². The van der Waals surface area contributed by atoms with Crippen molar-refractivity contribution in [2.45, 2.75) is 44.3 Å². The standard InChI is InChI=1S/C13H18O3/c14-12-7-6-10(13(15)16)8-11(12)9-4-2-1-3-5-9/h6-9,13-16H,1-5H2. The summed E-state index contributed by atoms with van der Waals surface area (Å²) in [6, 6.07) is 4.82. The number of phenols is 1. The molecule has 1 aromatic carbocycles. The molecule has 1 aromatic rings. The number of aliphatic hydroxyl groups is 2. The fourth-order valence-electron chi connectivity index (χ4n) is 2.47. The van der Waals surface area contributed by atoms with Crippen molar-refractivity contribution in [1.82, 2.24) is 0 Å². The summed E-state index contributed by atoms with van der Waals surface area (Å²) in [6.07, 6.45) is 4.35. The molecule has 88 valence electrons. The first-order chi connectivity index (χ1) is 7.68. The summed E-state index contributed by atoms with van der Waals surface area (Å²) in [7, 11) is 0. The van der Waals surface area contributed by atoms with Crippen LogP contribution < -0.4 is 0 Å². The quantitative estimate of drug-likeness (QED) is 0.673. The Labute approximate surface area is 95.4 Å². The van der Waals surface area contributed by atoms with Gasteiger partial charge in [0.15, 0.2) is 6.29 Å². The van der Waals surface area contributed by atoms with E-state index in [1.54, 1.807) is 18.2 Å². The zero-order valence-corrected chi connectivity index (χ0v) is 9.26. The molecule has 0 radical (unpaired) electrons. The second-order valence-corrected chi connectivity index (χ2v) is 4.53. The van der Waals surface area contributed by atoms with Gasteiger partial charge in [-0.3, -0.25) is 0 Å². The Bertz CT molecular complexity index is 354. The molecule has 0 atom stereocenters. The molecule has 1 aliphatic carbocycles. The lowest BCUT2D eigenvalue weighted by atomic mass is 9.83. The summed E-state index contributed by atoms with van der Waals surface area (Å²) in [6.45, 7) is 0. The Morgan fingerprint density at radius 2 is 1.75 bits per heavy atom. The predicted molar refractivity (Wildman–Crippen MR) is 61.1 cm³/mol. The van der Waals surface area contributed by atoms with Crippen LogP contribution in [-0.4, -0.2) is 15.3 Å². The smallest absolute Gasteiger partial charge is 0.178 e. The minimum absolute atomic E-state index is 0.274. The van der Waals surface area contributed by atoms with E-state index < -0.39 is 6.29 Å². The Morgan fingerprint density at radius 1 is 1.06 bits per heavy atom. The van der Waals surface area contributed by atoms with Crippen molar-refractivity contribution in [3.63, 3.8) is 0 Å². The number of phenolic OH excluding ortho intramolecular Hbond substituents is 1. The third kappa shape index (κ3) is 2.36. The average molecular weight is 222 g/mol. The normalized spacial score (nSPS) is 17.9. The van der Waals surface area contributed by atoms with Crippen LogP contribution in [0.2, 0.25) is 0 Å². The van der Waals surface area contributed by atoms with Crippen LogP contribution in [0.25, 0.3) is 0 Å². The topological polar surface area (TPSA) is 60.7 Å². The van der Waals surface area contributed by atoms with Gasteiger partial charge >= 0.3 is 0 Å². The second-order valence-electron chi connectivity index (χ2n) is 4.53. The number of hydrogen-bond acceptors (Lipinski definition) is 3. The largest absolute Gasteiger partial charge is 0.508 e. The van der Waals surface area contributed by atoms with Gasteiger partial charge in [0.1, 0.15) is 5.75 Å². The van der Waals surface area contributed by atoms with Gasteiger partial charge < -0.3 is 15.3 Å². The molecular formula is C13H18O3. The van der Waals surface area contributed by atoms with Crippen LogP contribution >= 0.6 is 0 Å². The van der Waals surface area contributed by atoms with Gasteiger partial charge in [0.25, 0.3) is 0 Å². The van der Waals surface area contributed by atoms with Crippen LogP contribution in [0.1, 0.15) is 55.4 Å². The highest BCUT2D eigenvalue weighted by molar-refractivity contribution is 5.39. The molecule has 3 N–H and O–H groups in total. The summed E-state index contributed by atoms with van der Waals surface area (Å²) in [5.74, 6) is 0.642. The van der Waals surface area contributed by atoms with Crippen molar-refractivity contribution in [3.8, 4) is 5.75 Å². The van der Waals surface area contributed by atoms with Gasteiger partial charge in [-0.25, -0.2) is 0 Å². The maximum Gasteiger partial charge on any atom is 0.178 e. The molecular weight excluding hydrogens is 204 g/mol. The summed E-state index contributed by atoms with van der Waals surface area (Å²) in [4.78, 5) is 0. The van der Waals surface area contributed by atoms with E-state index in [2.05, 4.69) is 0 Å². The minimum Gasteiger partial charge on any atom is -0.508 e. The number of aliphatic hydroxyl groups excluding tert-OH is 1. The summed E-state index contributed by atoms with van der Waals surface area (Å²) in [5, 5.41) is 28.0. The number of rotatable bonds is 2. The van der Waals surface area contributed by atoms with Crippen LogP contribution in [0.15, 0.2) is 18.2 Å². The highest BCUT2D eigenvalue weighted by Crippen LogP contribution is 2.37. The zero-order chi connectivity index (χ0) is 11.5. The number of hydrogen-bond donors (Lipinski definition) is 3. The van der Waals surface area contributed by atoms with E-state index in [9.17, 15) is 5.11 Å². The second kappa shape index (κ2) is 4.85. The number of aromatic hydroxyl groups is 1. The van der Waals surface area contributed by atoms with Gasteiger partial charge in [0, 0.05) is 5.56 Å². The maximum atomic E-state index is 9.81. The van der Waals surface area contributed by atoms with Crippen LogP contribution in [0, 0.1) is 0 Å². The van der Waals surface area contributed by atoms with E-state index in [-0.39, 0.29) is 5.75 Å². The third-order valence-electron chi connectivity index (χ3n) is 3.39. The van der Waals surface area contributed by atoms with E-state index in [1.807, 2.05) is 0 Å². The van der Waals surface area contributed by atoms with Gasteiger partial charge in [-0.1, -0.05) is 25.3 Å². The van der Waals surface area contributed by atoms with E-state index in [0.29, 0.717) is 11.5 Å². The van der Waals surface area contributed by atoms with E-state index >= 15 is 0 Å². The fourth-order valence-corrected chi connectivity index (χ4v) is 2.47. The monoisotopic (exact) mass is 222 g/mol. The molecule has 3 nitrogen and oxygen atoms in total. The lowest BCUT2D eigenvalue weighted by Gasteiger charge is -2.23. The molecule has 0 spiro atoms. The molecule has 2 rings (SSSR count). The third-order valence-corrected chi connectivity index (χ3v) is 3.39. The average Bonchev–Trinajstić information content (AvgIpc) is 2.30. The van der Waals surface area contributed by atoms with Crippen LogP contribution in [0.3, 0.4) is 0 Å². The zero-order valence-electron chi connectivity index (χ0n) is 9.26. The highest BCUT2D eigenvalue weighted by Gasteiger charge is 2.19. The SMILES string of the molecule is Oc1ccc(C(O)O)cc1C1CCCCC1. The van der Waals surface area contributed by atoms with Crippen LogP contribution in [0.5, 0.6) is 5.75 Å². The van der Waals surface area contributed by atoms with Gasteiger partial charge in [-0.2, -0.15) is 0 Å². The summed E-state index contributed by atoms with van der Waals surface area (Å²) < 4.78 is 0. The molecule has 3 heteroatoms. The van der Waals surface area contributed by atoms with Crippen molar-refractivity contribution in [1.29, 1.82) is 0 Å². The minimum atomic E-state index is -1.46. The number of benzene rings is 1. The van der Waals surface area contributed by atoms with Crippen molar-refractivity contribution >= 4 is 0 Å². The van der Waals surface area contributed by atoms with E-state index in [1.165, 1.54) is 19.3 Å². The first kappa shape index (κ1) is 11.4. The van der Waals surface area contributed by atoms with Gasteiger partial charge in [-0.15, -0.1) is 0 Å². The van der Waals surface area contributed by atoms with E-state index in [0.717, 1.165) is 18.4 Å². The Kier molecular flexibility index (Phi) is 3.46. The molecule has 1 saturated carbocycles. The first-order valence-electron chi connectivity index (χ1n) is 5.87. The molecule has 0 bridgehead atoms. The first-order valence-corrected chi connectivity index (χ1v) is 5.87. The highest BCUT2D eigenvalue weighted by atomic mass is 16.5. The molecule has 1 fully saturated rings. The van der Waals surface area contributed by atoms with E-state index in [4.69, 9.17) is 10.2 Å². The molecule has 1 aliphatic rings. The molecule has 0 aliphatic heterocycles. The van der Waals surface area contributed by atoms with Gasteiger partial charge in [0.2, 0.25) is 0 Å². The molecule has 16 heavy (non-hydrogen) atoms. The Morgan fingerprint density at radius 3 is 2.38 bits per heavy atom. The maximum absolute atomic E-state index is 9.81. The summed E-state index contributed by atoms with van der Waals surface area (Å²) in [5.41, 5.74) is 1.32. The predicted octanol–water partition coefficient (Wildman–Crippen LogP) is 2.42. The molecule has 0 unspecified atom stereocenters. The van der Waals surface area contributed by atoms with Crippen molar-refractivity contribution < 1.29 is 15.3 Å². The lowest BCUT2D eigenvalue weighted by molar-refractivity contribution is -0.0425. The fraction of sp³-hybridized carbons (Fsp3) is 0.538. The molecule has 0 aromatic heterocycles. The molecule has 0 heterocycles. The van der Waals surface area contributed by atoms with Crippen LogP contribution in [0.4, 0.5) is 0 Å². The van der Waals surface area contributed by atoms with Crippen LogP contribution in [-0.2, 0) is 0 Å². The summed E-state index contributed by atoms with van der Waals surface area (Å²) >= 11 is 0. The van der Waals surface area contributed by atoms with Crippen molar-refractivity contribution in [2.24, 2.45) is 0 Å². The Balaban J connectivity index is 2.27.